The van der Waals surface area contributed by atoms with Crippen LogP contribution in [0.5, 0.6) is 0 Å². The highest BCUT2D eigenvalue weighted by atomic mass is 32.2. The quantitative estimate of drug-likeness (QED) is 0.913. The van der Waals surface area contributed by atoms with E-state index in [4.69, 9.17) is 9.47 Å². The molecule has 2 atom stereocenters. The first-order valence-corrected chi connectivity index (χ1v) is 9.23. The third-order valence-electron chi connectivity index (χ3n) is 4.16. The summed E-state index contributed by atoms with van der Waals surface area (Å²) in [7, 11) is -1.53. The second kappa shape index (κ2) is 5.38. The molecule has 1 aromatic heterocycles. The summed E-state index contributed by atoms with van der Waals surface area (Å²) in [5.74, 6) is -0.692. The Labute approximate surface area is 123 Å². The van der Waals surface area contributed by atoms with Crippen LogP contribution >= 0.6 is 11.3 Å². The zero-order chi connectivity index (χ0) is 14.2. The van der Waals surface area contributed by atoms with E-state index in [-0.39, 0.29) is 6.04 Å². The predicted molar refractivity (Wildman–Crippen MR) is 76.6 cm³/mol. The molecule has 2 fully saturated rings. The average molecular weight is 317 g/mol. The average Bonchev–Trinajstić information content (AvgIpc) is 3.10. The third kappa shape index (κ3) is 2.42. The molecule has 2 heterocycles. The zero-order valence-electron chi connectivity index (χ0n) is 11.4. The third-order valence-corrected chi connectivity index (χ3v) is 7.79. The molecule has 7 heteroatoms. The summed E-state index contributed by atoms with van der Waals surface area (Å²) in [6.45, 7) is 1.10. The summed E-state index contributed by atoms with van der Waals surface area (Å²) < 4.78 is 37.5. The van der Waals surface area contributed by atoms with Crippen molar-refractivity contribution >= 4 is 21.2 Å². The number of ether oxygens (including phenoxy) is 2. The van der Waals surface area contributed by atoms with E-state index in [1.807, 2.05) is 7.05 Å². The van der Waals surface area contributed by atoms with Crippen molar-refractivity contribution < 1.29 is 17.9 Å². The number of rotatable bonds is 3. The second-order valence-electron chi connectivity index (χ2n) is 5.26. The van der Waals surface area contributed by atoms with Crippen LogP contribution in [0, 0.1) is 0 Å². The van der Waals surface area contributed by atoms with Gasteiger partial charge in [-0.15, -0.1) is 11.3 Å². The van der Waals surface area contributed by atoms with E-state index >= 15 is 0 Å². The standard InChI is InChI=1S/C13H19NO4S2/c1-14-10-4-5-13(17-6-7-18-13)9-11(10)20(15,16)12-3-2-8-19-12/h2-3,8,10-11,14H,4-7,9H2,1H3. The van der Waals surface area contributed by atoms with Gasteiger partial charge < -0.3 is 14.8 Å². The van der Waals surface area contributed by atoms with Gasteiger partial charge in [0, 0.05) is 18.9 Å². The Bertz CT molecular complexity index is 549. The summed E-state index contributed by atoms with van der Waals surface area (Å²) in [4.78, 5) is 0. The molecule has 20 heavy (non-hydrogen) atoms. The van der Waals surface area contributed by atoms with Crippen molar-refractivity contribution in [2.75, 3.05) is 20.3 Å². The van der Waals surface area contributed by atoms with Crippen LogP contribution in [0.3, 0.4) is 0 Å². The summed E-state index contributed by atoms with van der Waals surface area (Å²) in [5, 5.41) is 4.43. The lowest BCUT2D eigenvalue weighted by atomic mass is 9.89. The van der Waals surface area contributed by atoms with Gasteiger partial charge in [0.05, 0.1) is 18.5 Å². The zero-order valence-corrected chi connectivity index (χ0v) is 13.0. The number of hydrogen-bond acceptors (Lipinski definition) is 6. The van der Waals surface area contributed by atoms with Gasteiger partial charge >= 0.3 is 0 Å². The molecule has 1 spiro atoms. The Morgan fingerprint density at radius 2 is 2.15 bits per heavy atom. The molecule has 0 bridgehead atoms. The predicted octanol–water partition coefficient (Wildman–Crippen LogP) is 1.41. The Hall–Kier alpha value is -0.470. The van der Waals surface area contributed by atoms with Gasteiger partial charge in [-0.25, -0.2) is 8.42 Å². The SMILES string of the molecule is CNC1CCC2(CC1S(=O)(=O)c1cccs1)OCCO2. The van der Waals surface area contributed by atoms with Gasteiger partial charge in [0.1, 0.15) is 4.21 Å². The van der Waals surface area contributed by atoms with Crippen LogP contribution in [0.1, 0.15) is 19.3 Å². The van der Waals surface area contributed by atoms with Gasteiger partial charge in [0.15, 0.2) is 15.6 Å². The van der Waals surface area contributed by atoms with Crippen molar-refractivity contribution in [1.82, 2.24) is 5.32 Å². The van der Waals surface area contributed by atoms with Gasteiger partial charge in [0.25, 0.3) is 0 Å². The van der Waals surface area contributed by atoms with E-state index in [1.54, 1.807) is 17.5 Å². The van der Waals surface area contributed by atoms with E-state index in [0.717, 1.165) is 12.8 Å². The van der Waals surface area contributed by atoms with Crippen LogP contribution in [-0.4, -0.2) is 45.8 Å². The van der Waals surface area contributed by atoms with E-state index in [1.165, 1.54) is 11.3 Å². The molecule has 1 aliphatic carbocycles. The molecular weight excluding hydrogens is 298 g/mol. The molecule has 0 aromatic carbocycles. The van der Waals surface area contributed by atoms with Gasteiger partial charge in [-0.1, -0.05) is 6.07 Å². The summed E-state index contributed by atoms with van der Waals surface area (Å²) >= 11 is 1.27. The maximum atomic E-state index is 12.8. The summed E-state index contributed by atoms with van der Waals surface area (Å²) in [5.41, 5.74) is 0. The minimum Gasteiger partial charge on any atom is -0.347 e. The molecule has 112 valence electrons. The fourth-order valence-corrected chi connectivity index (χ4v) is 6.37. The molecule has 3 rings (SSSR count). The van der Waals surface area contributed by atoms with Crippen LogP contribution in [-0.2, 0) is 19.3 Å². The van der Waals surface area contributed by atoms with Crippen molar-refractivity contribution in [1.29, 1.82) is 0 Å². The van der Waals surface area contributed by atoms with Crippen LogP contribution in [0.2, 0.25) is 0 Å². The Morgan fingerprint density at radius 1 is 1.40 bits per heavy atom. The molecule has 2 unspecified atom stereocenters. The fourth-order valence-electron chi connectivity index (χ4n) is 3.10. The highest BCUT2D eigenvalue weighted by Gasteiger charge is 2.49. The maximum Gasteiger partial charge on any atom is 0.192 e. The Morgan fingerprint density at radius 3 is 2.75 bits per heavy atom. The largest absolute Gasteiger partial charge is 0.347 e. The normalized spacial score (nSPS) is 29.9. The number of sulfone groups is 1. The van der Waals surface area contributed by atoms with Crippen LogP contribution in [0.15, 0.2) is 21.7 Å². The second-order valence-corrected chi connectivity index (χ2v) is 8.60. The molecule has 1 aliphatic heterocycles. The smallest absolute Gasteiger partial charge is 0.192 e. The molecular formula is C13H19NO4S2. The molecule has 1 N–H and O–H groups in total. The molecule has 1 aromatic rings. The van der Waals surface area contributed by atoms with Crippen molar-refractivity contribution in [2.24, 2.45) is 0 Å². The highest BCUT2D eigenvalue weighted by molar-refractivity contribution is 7.94. The van der Waals surface area contributed by atoms with Crippen molar-refractivity contribution in [3.8, 4) is 0 Å². The van der Waals surface area contributed by atoms with E-state index < -0.39 is 20.9 Å². The molecule has 2 aliphatic rings. The molecule has 1 saturated carbocycles. The lowest BCUT2D eigenvalue weighted by Crippen LogP contribution is -2.53. The van der Waals surface area contributed by atoms with Crippen molar-refractivity contribution in [2.45, 2.75) is 40.6 Å². The van der Waals surface area contributed by atoms with Crippen molar-refractivity contribution in [3.05, 3.63) is 17.5 Å². The first-order chi connectivity index (χ1) is 9.57. The molecule has 0 radical (unpaired) electrons. The lowest BCUT2D eigenvalue weighted by Gasteiger charge is -2.40. The minimum atomic E-state index is -3.35. The first-order valence-electron chi connectivity index (χ1n) is 6.80. The van der Waals surface area contributed by atoms with Crippen LogP contribution in [0.4, 0.5) is 0 Å². The van der Waals surface area contributed by atoms with Gasteiger partial charge in [0.2, 0.25) is 0 Å². The first kappa shape index (κ1) is 14.5. The number of thiophene rings is 1. The monoisotopic (exact) mass is 317 g/mol. The molecule has 5 nitrogen and oxygen atoms in total. The van der Waals surface area contributed by atoms with E-state index in [0.29, 0.717) is 23.8 Å². The number of nitrogens with one attached hydrogen (secondary N) is 1. The molecule has 1 saturated heterocycles. The highest BCUT2D eigenvalue weighted by Crippen LogP contribution is 2.40. The summed E-state index contributed by atoms with van der Waals surface area (Å²) in [6, 6.07) is 3.39. The minimum absolute atomic E-state index is 0.0551. The van der Waals surface area contributed by atoms with E-state index in [9.17, 15) is 8.42 Å². The lowest BCUT2D eigenvalue weighted by molar-refractivity contribution is -0.178. The topological polar surface area (TPSA) is 64.6 Å². The van der Waals surface area contributed by atoms with Crippen LogP contribution in [0.25, 0.3) is 0 Å². The van der Waals surface area contributed by atoms with Crippen LogP contribution < -0.4 is 5.32 Å². The van der Waals surface area contributed by atoms with Gasteiger partial charge in [-0.3, -0.25) is 0 Å². The van der Waals surface area contributed by atoms with Gasteiger partial charge in [-0.2, -0.15) is 0 Å². The van der Waals surface area contributed by atoms with Crippen molar-refractivity contribution in [3.63, 3.8) is 0 Å². The Kier molecular flexibility index (Phi) is 3.89. The maximum absolute atomic E-state index is 12.8. The molecule has 0 amide bonds. The van der Waals surface area contributed by atoms with E-state index in [2.05, 4.69) is 5.32 Å². The van der Waals surface area contributed by atoms with Gasteiger partial charge in [-0.05, 0) is 24.9 Å². The summed E-state index contributed by atoms with van der Waals surface area (Å²) in [6.07, 6.45) is 1.89. The Balaban J connectivity index is 1.91. The fraction of sp³-hybridized carbons (Fsp3) is 0.692. The number of hydrogen-bond donors (Lipinski definition) is 1.